The average molecular weight is 389 g/mol. The molecule has 1 aromatic carbocycles. The van der Waals surface area contributed by atoms with Gasteiger partial charge in [0.2, 0.25) is 0 Å². The predicted octanol–water partition coefficient (Wildman–Crippen LogP) is 4.89. The van der Waals surface area contributed by atoms with Crippen LogP contribution in [0.2, 0.25) is 0 Å². The number of hydrogen-bond acceptors (Lipinski definition) is 3. The number of nitrogens with one attached hydrogen (secondary N) is 2. The van der Waals surface area contributed by atoms with E-state index in [1.54, 1.807) is 0 Å². The molecule has 0 fully saturated rings. The fourth-order valence-electron chi connectivity index (χ4n) is 2.65. The van der Waals surface area contributed by atoms with E-state index in [-0.39, 0.29) is 16.9 Å². The van der Waals surface area contributed by atoms with E-state index in [4.69, 9.17) is 4.74 Å². The normalized spacial score (nSPS) is 11.7. The lowest BCUT2D eigenvalue weighted by Crippen LogP contribution is -2.37. The summed E-state index contributed by atoms with van der Waals surface area (Å²) in [5.74, 6) is 0.860. The molecule has 0 aliphatic carbocycles. The number of carbonyl (C=O) groups excluding carboxylic acids is 1. The summed E-state index contributed by atoms with van der Waals surface area (Å²) < 4.78 is 5.37. The first-order chi connectivity index (χ1) is 12.7. The Labute approximate surface area is 169 Å². The number of phenolic OH excluding ortho intramolecular Hbond substituents is 1. The van der Waals surface area contributed by atoms with E-state index < -0.39 is 0 Å². The topological polar surface area (TPSA) is 70.6 Å². The number of allylic oxidation sites excluding steroid dienone is 1. The molecular weight excluding hydrogens is 352 g/mol. The lowest BCUT2D eigenvalue weighted by Gasteiger charge is -2.28. The van der Waals surface area contributed by atoms with Crippen LogP contribution in [-0.2, 0) is 22.1 Å². The molecule has 5 heteroatoms. The number of aromatic hydroxyl groups is 1. The molecule has 1 aromatic rings. The highest BCUT2D eigenvalue weighted by atomic mass is 16.5. The van der Waals surface area contributed by atoms with Gasteiger partial charge in [0.05, 0.1) is 6.54 Å². The lowest BCUT2D eigenvalue weighted by atomic mass is 9.78. The van der Waals surface area contributed by atoms with Crippen molar-refractivity contribution in [3.05, 3.63) is 53.3 Å². The summed E-state index contributed by atoms with van der Waals surface area (Å²) in [6, 6.07) is 3.66. The minimum Gasteiger partial charge on any atom is -0.507 e. The first-order valence-corrected chi connectivity index (χ1v) is 9.59. The van der Waals surface area contributed by atoms with E-state index >= 15 is 0 Å². The first-order valence-electron chi connectivity index (χ1n) is 9.59. The zero-order valence-electron chi connectivity index (χ0n) is 18.5. The van der Waals surface area contributed by atoms with Crippen molar-refractivity contribution in [1.82, 2.24) is 10.6 Å². The van der Waals surface area contributed by atoms with Crippen molar-refractivity contribution in [3.8, 4) is 5.75 Å². The molecule has 0 aliphatic heterocycles. The van der Waals surface area contributed by atoms with Crippen LogP contribution in [0.5, 0.6) is 5.75 Å². The van der Waals surface area contributed by atoms with E-state index in [0.29, 0.717) is 31.2 Å². The van der Waals surface area contributed by atoms with Gasteiger partial charge in [-0.3, -0.25) is 0 Å². The summed E-state index contributed by atoms with van der Waals surface area (Å²) in [4.78, 5) is 12.1. The maximum Gasteiger partial charge on any atom is 0.315 e. The van der Waals surface area contributed by atoms with Crippen LogP contribution < -0.4 is 10.6 Å². The number of carbonyl (C=O) groups is 1. The quantitative estimate of drug-likeness (QED) is 0.354. The molecule has 156 valence electrons. The summed E-state index contributed by atoms with van der Waals surface area (Å²) in [6.45, 7) is 22.8. The maximum atomic E-state index is 12.1. The number of amides is 2. The van der Waals surface area contributed by atoms with E-state index in [1.807, 2.05) is 19.1 Å². The Morgan fingerprint density at radius 2 is 1.54 bits per heavy atom. The molecule has 28 heavy (non-hydrogen) atoms. The molecule has 0 spiro atoms. The van der Waals surface area contributed by atoms with Crippen LogP contribution in [-0.4, -0.2) is 24.3 Å². The fraction of sp³-hybridized carbons (Fsp3) is 0.522. The number of ether oxygens (including phenoxy) is 1. The van der Waals surface area contributed by atoms with Crippen LogP contribution in [0.15, 0.2) is 36.6 Å². The van der Waals surface area contributed by atoms with Gasteiger partial charge in [0.15, 0.2) is 0 Å². The molecule has 0 saturated heterocycles. The zero-order chi connectivity index (χ0) is 21.7. The van der Waals surface area contributed by atoms with Crippen molar-refractivity contribution >= 4 is 6.03 Å². The monoisotopic (exact) mass is 388 g/mol. The van der Waals surface area contributed by atoms with Gasteiger partial charge in [-0.15, -0.1) is 0 Å². The Bertz CT molecular complexity index is 702. The van der Waals surface area contributed by atoms with E-state index in [0.717, 1.165) is 22.3 Å². The Hall–Kier alpha value is -2.43. The molecule has 0 saturated carbocycles. The number of urea groups is 1. The third-order valence-corrected chi connectivity index (χ3v) is 4.38. The van der Waals surface area contributed by atoms with Gasteiger partial charge >= 0.3 is 6.03 Å². The number of hydrogen-bond donors (Lipinski definition) is 3. The Morgan fingerprint density at radius 1 is 1.04 bits per heavy atom. The third kappa shape index (κ3) is 6.95. The highest BCUT2D eigenvalue weighted by Crippen LogP contribution is 2.39. The highest BCUT2D eigenvalue weighted by Gasteiger charge is 2.26. The van der Waals surface area contributed by atoms with E-state index in [2.05, 4.69) is 65.3 Å². The van der Waals surface area contributed by atoms with Crippen molar-refractivity contribution in [1.29, 1.82) is 0 Å². The molecule has 0 heterocycles. The largest absolute Gasteiger partial charge is 0.507 e. The van der Waals surface area contributed by atoms with Crippen LogP contribution >= 0.6 is 0 Å². The molecule has 0 radical (unpaired) electrons. The van der Waals surface area contributed by atoms with Crippen molar-refractivity contribution in [2.24, 2.45) is 0 Å². The van der Waals surface area contributed by atoms with Gasteiger partial charge in [-0.1, -0.05) is 54.7 Å². The van der Waals surface area contributed by atoms with Crippen LogP contribution in [0, 0.1) is 0 Å². The summed E-state index contributed by atoms with van der Waals surface area (Å²) in [5.41, 5.74) is 3.07. The Balaban J connectivity index is 2.77. The summed E-state index contributed by atoms with van der Waals surface area (Å²) >= 11 is 0. The van der Waals surface area contributed by atoms with Crippen molar-refractivity contribution in [3.63, 3.8) is 0 Å². The Morgan fingerprint density at radius 3 is 1.96 bits per heavy atom. The summed E-state index contributed by atoms with van der Waals surface area (Å²) in [7, 11) is 0. The van der Waals surface area contributed by atoms with E-state index in [1.165, 1.54) is 0 Å². The summed E-state index contributed by atoms with van der Waals surface area (Å²) in [6.07, 6.45) is 0. The molecule has 0 atom stereocenters. The highest BCUT2D eigenvalue weighted by molar-refractivity contribution is 5.73. The average Bonchev–Trinajstić information content (AvgIpc) is 2.55. The van der Waals surface area contributed by atoms with Gasteiger partial charge in [0.1, 0.15) is 18.1 Å². The van der Waals surface area contributed by atoms with E-state index in [9.17, 15) is 9.90 Å². The minimum absolute atomic E-state index is 0.203. The standard InChI is InChI=1S/C23H36N2O3/c1-15(2)16(3)28-11-10-24-21(27)25-14-17-12-18(22(4,5)6)20(26)19(13-17)23(7,8)9/h12-13,26H,1,3,10-11,14H2,2,4-9H3,(H2,24,25,27). The summed E-state index contributed by atoms with van der Waals surface area (Å²) in [5, 5.41) is 16.4. The smallest absolute Gasteiger partial charge is 0.315 e. The van der Waals surface area contributed by atoms with Crippen LogP contribution in [0.25, 0.3) is 0 Å². The zero-order valence-corrected chi connectivity index (χ0v) is 18.5. The molecule has 3 N–H and O–H groups in total. The fourth-order valence-corrected chi connectivity index (χ4v) is 2.65. The number of benzene rings is 1. The van der Waals surface area contributed by atoms with Gasteiger partial charge in [-0.25, -0.2) is 4.79 Å². The second-order valence-electron chi connectivity index (χ2n) is 9.20. The molecule has 2 amide bonds. The molecule has 5 nitrogen and oxygen atoms in total. The van der Waals surface area contributed by atoms with Crippen molar-refractivity contribution in [2.75, 3.05) is 13.2 Å². The first kappa shape index (κ1) is 23.6. The minimum atomic E-state index is -0.271. The Kier molecular flexibility index (Phi) is 7.74. The van der Waals surface area contributed by atoms with Crippen molar-refractivity contribution < 1.29 is 14.6 Å². The van der Waals surface area contributed by atoms with Crippen LogP contribution in [0.3, 0.4) is 0 Å². The second kappa shape index (κ2) is 9.18. The van der Waals surface area contributed by atoms with Crippen molar-refractivity contribution in [2.45, 2.75) is 65.8 Å². The predicted molar refractivity (Wildman–Crippen MR) is 116 cm³/mol. The van der Waals surface area contributed by atoms with Gasteiger partial charge in [0, 0.05) is 6.54 Å². The molecule has 0 bridgehead atoms. The third-order valence-electron chi connectivity index (χ3n) is 4.38. The molecular formula is C23H36N2O3. The molecule has 0 aliphatic rings. The van der Waals surface area contributed by atoms with Gasteiger partial charge in [0.25, 0.3) is 0 Å². The maximum absolute atomic E-state index is 12.1. The van der Waals surface area contributed by atoms with Crippen LogP contribution in [0.4, 0.5) is 4.79 Å². The number of rotatable bonds is 7. The van der Waals surface area contributed by atoms with Crippen LogP contribution in [0.1, 0.15) is 65.2 Å². The second-order valence-corrected chi connectivity index (χ2v) is 9.20. The van der Waals surface area contributed by atoms with Gasteiger partial charge in [-0.2, -0.15) is 0 Å². The van der Waals surface area contributed by atoms with Gasteiger partial charge in [-0.05, 0) is 52.1 Å². The molecule has 0 unspecified atom stereocenters. The molecule has 0 aromatic heterocycles. The van der Waals surface area contributed by atoms with Gasteiger partial charge < -0.3 is 20.5 Å². The number of phenols is 1. The SMILES string of the molecule is C=C(C)C(=C)OCCNC(=O)NCc1cc(C(C)(C)C)c(O)c(C(C)(C)C)c1. The lowest BCUT2D eigenvalue weighted by molar-refractivity contribution is 0.213. The molecule has 1 rings (SSSR count).